The predicted octanol–water partition coefficient (Wildman–Crippen LogP) is 10.9. The smallest absolute Gasteiger partial charge is 0.0663 e. The van der Waals surface area contributed by atoms with Gasteiger partial charge in [-0.15, -0.1) is 47.0 Å². The highest BCUT2D eigenvalue weighted by Crippen LogP contribution is 2.59. The summed E-state index contributed by atoms with van der Waals surface area (Å²) in [6.45, 7) is 6.35. The number of thioether (sulfide) groups is 8. The van der Waals surface area contributed by atoms with Crippen molar-refractivity contribution < 1.29 is 0 Å². The quantitative estimate of drug-likeness (QED) is 0.299. The van der Waals surface area contributed by atoms with E-state index in [1.54, 1.807) is 0 Å². The summed E-state index contributed by atoms with van der Waals surface area (Å²) in [5.74, 6) is 4.05. The highest BCUT2D eigenvalue weighted by molar-refractivity contribution is 8.41. The molecule has 8 rings (SSSR count). The van der Waals surface area contributed by atoms with Crippen molar-refractivity contribution in [2.75, 3.05) is 0 Å². The van der Waals surface area contributed by atoms with Crippen LogP contribution in [0.2, 0.25) is 0 Å². The molecule has 0 aromatic heterocycles. The van der Waals surface area contributed by atoms with E-state index in [4.69, 9.17) is 0 Å². The van der Waals surface area contributed by atoms with Crippen molar-refractivity contribution in [2.24, 2.45) is 0 Å². The SMILES string of the molecule is C=C1SC2=C(SCc3ccc(cc3)CSC3=C(SCc4ccc(cc4)CS2)SC(=CC)S3)S1. The monoisotopic (exact) mass is 578 g/mol. The number of allylic oxidation sites excluding steroid dienone is 1. The molecule has 0 radical (unpaired) electrons. The Balaban J connectivity index is 1.39. The zero-order valence-electron chi connectivity index (χ0n) is 18.0. The summed E-state index contributed by atoms with van der Waals surface area (Å²) in [5.41, 5.74) is 5.56. The molecule has 0 atom stereocenters. The van der Waals surface area contributed by atoms with Gasteiger partial charge in [-0.1, -0.05) is 108 Å². The maximum Gasteiger partial charge on any atom is 0.0663 e. The Hall–Kier alpha value is 0.200. The molecular formula is C25H22S8. The van der Waals surface area contributed by atoms with E-state index in [1.165, 1.54) is 47.7 Å². The minimum atomic E-state index is 1.01. The second-order valence-electron chi connectivity index (χ2n) is 7.33. The van der Waals surface area contributed by atoms with Gasteiger partial charge in [0.05, 0.1) is 16.9 Å². The fourth-order valence-corrected chi connectivity index (χ4v) is 14.1. The average molecular weight is 579 g/mol. The average Bonchev–Trinajstić information content (AvgIpc) is 3.41. The standard InChI is InChI=1S/C25H22S8/c1-3-21-32-24-25(33-21)29-15-20-10-6-18(7-11-20)13-27-23-22(30-16(2)31-23)26-12-17-4-8-19(9-5-17)14-28-24/h3-11H,2,12-15H2,1H3. The molecule has 33 heavy (non-hydrogen) atoms. The fourth-order valence-electron chi connectivity index (χ4n) is 3.13. The highest BCUT2D eigenvalue weighted by Gasteiger charge is 2.23. The van der Waals surface area contributed by atoms with E-state index in [1.807, 2.05) is 94.1 Å². The minimum absolute atomic E-state index is 1.01. The van der Waals surface area contributed by atoms with Crippen LogP contribution < -0.4 is 0 Å². The molecule has 0 saturated heterocycles. The number of hydrogen-bond donors (Lipinski definition) is 0. The van der Waals surface area contributed by atoms with E-state index in [-0.39, 0.29) is 0 Å². The lowest BCUT2D eigenvalue weighted by Crippen LogP contribution is -1.87. The van der Waals surface area contributed by atoms with Crippen LogP contribution >= 0.6 is 94.1 Å². The third-order valence-electron chi connectivity index (χ3n) is 4.89. The predicted molar refractivity (Wildman–Crippen MR) is 165 cm³/mol. The maximum absolute atomic E-state index is 4.21. The van der Waals surface area contributed by atoms with Crippen LogP contribution in [0.3, 0.4) is 0 Å². The number of hydrogen-bond acceptors (Lipinski definition) is 8. The van der Waals surface area contributed by atoms with Gasteiger partial charge in [-0.25, -0.2) is 0 Å². The molecule has 0 aliphatic carbocycles. The van der Waals surface area contributed by atoms with Crippen molar-refractivity contribution in [2.45, 2.75) is 29.9 Å². The van der Waals surface area contributed by atoms with Crippen LogP contribution in [0.1, 0.15) is 29.2 Å². The molecule has 0 fully saturated rings. The molecule has 0 amide bonds. The maximum atomic E-state index is 4.21. The van der Waals surface area contributed by atoms with Gasteiger partial charge in [0, 0.05) is 31.5 Å². The summed E-state index contributed by atoms with van der Waals surface area (Å²) in [7, 11) is 0. The lowest BCUT2D eigenvalue weighted by atomic mass is 10.2. The molecule has 6 heterocycles. The Bertz CT molecular complexity index is 1040. The Morgan fingerprint density at radius 3 is 1.15 bits per heavy atom. The zero-order valence-corrected chi connectivity index (χ0v) is 24.5. The molecule has 2 aromatic rings. The van der Waals surface area contributed by atoms with Gasteiger partial charge in [0.25, 0.3) is 0 Å². The van der Waals surface area contributed by atoms with Crippen LogP contribution in [0, 0.1) is 0 Å². The van der Waals surface area contributed by atoms with Gasteiger partial charge in [-0.3, -0.25) is 0 Å². The Kier molecular flexibility index (Phi) is 9.01. The Morgan fingerprint density at radius 1 is 0.545 bits per heavy atom. The minimum Gasteiger partial charge on any atom is -0.112 e. The first-order valence-corrected chi connectivity index (χ1v) is 17.6. The normalized spacial score (nSPS) is 19.8. The van der Waals surface area contributed by atoms with Crippen molar-refractivity contribution in [1.29, 1.82) is 0 Å². The summed E-state index contributed by atoms with van der Waals surface area (Å²) in [6, 6.07) is 18.4. The van der Waals surface area contributed by atoms with E-state index in [2.05, 4.69) is 68.1 Å². The van der Waals surface area contributed by atoms with E-state index < -0.39 is 0 Å². The van der Waals surface area contributed by atoms with Crippen molar-refractivity contribution in [3.8, 4) is 0 Å². The molecule has 0 nitrogen and oxygen atoms in total. The molecule has 6 aliphatic heterocycles. The first kappa shape index (κ1) is 24.9. The van der Waals surface area contributed by atoms with Crippen molar-refractivity contribution in [3.63, 3.8) is 0 Å². The second kappa shape index (κ2) is 12.0. The van der Waals surface area contributed by atoms with Crippen LogP contribution in [0.25, 0.3) is 0 Å². The van der Waals surface area contributed by atoms with E-state index in [9.17, 15) is 0 Å². The third-order valence-corrected chi connectivity index (χ3v) is 16.0. The van der Waals surface area contributed by atoms with Crippen molar-refractivity contribution in [1.82, 2.24) is 0 Å². The van der Waals surface area contributed by atoms with Gasteiger partial charge in [0.15, 0.2) is 0 Å². The molecule has 0 spiro atoms. The largest absolute Gasteiger partial charge is 0.112 e. The molecule has 0 unspecified atom stereocenters. The van der Waals surface area contributed by atoms with Crippen LogP contribution in [0.15, 0.2) is 86.6 Å². The van der Waals surface area contributed by atoms with E-state index in [0.29, 0.717) is 0 Å². The molecule has 2 aromatic carbocycles. The summed E-state index contributed by atoms with van der Waals surface area (Å²) in [5, 5.41) is 0. The Labute approximate surface area is 230 Å². The lowest BCUT2D eigenvalue weighted by Gasteiger charge is -2.09. The van der Waals surface area contributed by atoms with Gasteiger partial charge in [-0.05, 0) is 29.2 Å². The summed E-state index contributed by atoms with van der Waals surface area (Å²) in [4.78, 5) is 0. The topological polar surface area (TPSA) is 0 Å². The van der Waals surface area contributed by atoms with Crippen LogP contribution in [-0.4, -0.2) is 0 Å². The van der Waals surface area contributed by atoms with Gasteiger partial charge in [0.2, 0.25) is 0 Å². The number of benzene rings is 2. The second-order valence-corrected chi connectivity index (χ2v) is 17.1. The summed E-state index contributed by atoms with van der Waals surface area (Å²) >= 11 is 15.4. The Morgan fingerprint density at radius 2 is 0.848 bits per heavy atom. The van der Waals surface area contributed by atoms with Gasteiger partial charge in [0.1, 0.15) is 0 Å². The van der Waals surface area contributed by atoms with Crippen LogP contribution in [0.4, 0.5) is 0 Å². The molecule has 0 saturated carbocycles. The number of rotatable bonds is 0. The molecule has 0 N–H and O–H groups in total. The fraction of sp³-hybridized carbons (Fsp3) is 0.200. The molecule has 170 valence electrons. The first-order valence-electron chi connectivity index (χ1n) is 10.4. The molecule has 6 aliphatic rings. The van der Waals surface area contributed by atoms with Crippen molar-refractivity contribution >= 4 is 94.1 Å². The molecule has 8 heteroatoms. The van der Waals surface area contributed by atoms with Crippen LogP contribution in [-0.2, 0) is 23.0 Å². The van der Waals surface area contributed by atoms with Crippen molar-refractivity contribution in [3.05, 3.63) is 109 Å². The van der Waals surface area contributed by atoms with E-state index >= 15 is 0 Å². The highest BCUT2D eigenvalue weighted by atomic mass is 32.3. The zero-order chi connectivity index (χ0) is 22.6. The third kappa shape index (κ3) is 6.70. The molecule has 4 bridgehead atoms. The summed E-state index contributed by atoms with van der Waals surface area (Å²) < 4.78 is 8.32. The van der Waals surface area contributed by atoms with Gasteiger partial charge < -0.3 is 0 Å². The van der Waals surface area contributed by atoms with E-state index in [0.717, 1.165) is 23.0 Å². The van der Waals surface area contributed by atoms with Gasteiger partial charge >= 0.3 is 0 Å². The lowest BCUT2D eigenvalue weighted by molar-refractivity contribution is 1.35. The molecular weight excluding hydrogens is 557 g/mol. The summed E-state index contributed by atoms with van der Waals surface area (Å²) in [6.07, 6.45) is 2.24. The first-order chi connectivity index (χ1) is 16.2. The van der Waals surface area contributed by atoms with Gasteiger partial charge in [-0.2, -0.15) is 0 Å². The van der Waals surface area contributed by atoms with Crippen LogP contribution in [0.5, 0.6) is 0 Å².